The molecule has 16 heavy (non-hydrogen) atoms. The molecule has 1 nitrogen and oxygen atoms in total. The van der Waals surface area contributed by atoms with Gasteiger partial charge in [-0.3, -0.25) is 4.79 Å². The van der Waals surface area contributed by atoms with E-state index in [1.165, 1.54) is 0 Å². The predicted molar refractivity (Wildman–Crippen MR) is 66.6 cm³/mol. The van der Waals surface area contributed by atoms with E-state index < -0.39 is 5.38 Å². The standard InChI is InChI=1S/C14H17ClO/c1-14(9-5-6-10-14)13(16)12(15)11-7-3-2-4-8-11/h2-4,7-8,12H,5-6,9-10H2,1H3. The molecule has 0 N–H and O–H groups in total. The highest BCUT2D eigenvalue weighted by Crippen LogP contribution is 2.43. The maximum Gasteiger partial charge on any atom is 0.160 e. The molecule has 86 valence electrons. The van der Waals surface area contributed by atoms with Gasteiger partial charge in [0.25, 0.3) is 0 Å². The maximum absolute atomic E-state index is 12.3. The van der Waals surface area contributed by atoms with Crippen molar-refractivity contribution in [3.05, 3.63) is 35.9 Å². The molecule has 2 heteroatoms. The number of halogens is 1. The summed E-state index contributed by atoms with van der Waals surface area (Å²) < 4.78 is 0. The first-order chi connectivity index (χ1) is 7.63. The van der Waals surface area contributed by atoms with E-state index in [1.54, 1.807) is 0 Å². The van der Waals surface area contributed by atoms with Gasteiger partial charge in [0, 0.05) is 5.41 Å². The van der Waals surface area contributed by atoms with E-state index in [0.717, 1.165) is 31.2 Å². The Morgan fingerprint density at radius 3 is 2.38 bits per heavy atom. The third kappa shape index (κ3) is 2.15. The van der Waals surface area contributed by atoms with Crippen LogP contribution in [-0.4, -0.2) is 5.78 Å². The summed E-state index contributed by atoms with van der Waals surface area (Å²) in [6.45, 7) is 2.06. The highest BCUT2D eigenvalue weighted by Gasteiger charge is 2.39. The highest BCUT2D eigenvalue weighted by molar-refractivity contribution is 6.31. The van der Waals surface area contributed by atoms with Gasteiger partial charge < -0.3 is 0 Å². The van der Waals surface area contributed by atoms with E-state index in [-0.39, 0.29) is 11.2 Å². The van der Waals surface area contributed by atoms with Crippen LogP contribution < -0.4 is 0 Å². The first-order valence-electron chi connectivity index (χ1n) is 5.87. The molecule has 1 saturated carbocycles. The first-order valence-corrected chi connectivity index (χ1v) is 6.30. The lowest BCUT2D eigenvalue weighted by atomic mass is 9.81. The maximum atomic E-state index is 12.3. The summed E-state index contributed by atoms with van der Waals surface area (Å²) in [7, 11) is 0. The zero-order valence-corrected chi connectivity index (χ0v) is 10.3. The van der Waals surface area contributed by atoms with Crippen molar-refractivity contribution in [1.29, 1.82) is 0 Å². The minimum absolute atomic E-state index is 0.192. The Bertz CT molecular complexity index is 366. The molecule has 0 aliphatic heterocycles. The normalized spacial score (nSPS) is 20.6. The van der Waals surface area contributed by atoms with Crippen molar-refractivity contribution in [3.63, 3.8) is 0 Å². The van der Waals surface area contributed by atoms with E-state index in [1.807, 2.05) is 30.3 Å². The van der Waals surface area contributed by atoms with Crippen LogP contribution in [0, 0.1) is 5.41 Å². The summed E-state index contributed by atoms with van der Waals surface area (Å²) in [5.41, 5.74) is 0.727. The Kier molecular flexibility index (Phi) is 3.34. The average molecular weight is 237 g/mol. The number of alkyl halides is 1. The number of benzene rings is 1. The van der Waals surface area contributed by atoms with Crippen LogP contribution in [-0.2, 0) is 4.79 Å². The predicted octanol–water partition coefficient (Wildman–Crippen LogP) is 4.12. The van der Waals surface area contributed by atoms with Crippen LogP contribution in [0.15, 0.2) is 30.3 Å². The fourth-order valence-electron chi connectivity index (χ4n) is 2.48. The van der Waals surface area contributed by atoms with Gasteiger partial charge >= 0.3 is 0 Å². The van der Waals surface area contributed by atoms with E-state index in [0.29, 0.717) is 0 Å². The summed E-state index contributed by atoms with van der Waals surface area (Å²) in [6.07, 6.45) is 4.28. The van der Waals surface area contributed by atoms with Crippen LogP contribution in [0.1, 0.15) is 43.5 Å². The summed E-state index contributed by atoms with van der Waals surface area (Å²) >= 11 is 6.28. The molecule has 1 aliphatic rings. The number of carbonyl (C=O) groups is 1. The van der Waals surface area contributed by atoms with E-state index in [9.17, 15) is 4.79 Å². The molecule has 1 atom stereocenters. The fraction of sp³-hybridized carbons (Fsp3) is 0.500. The smallest absolute Gasteiger partial charge is 0.160 e. The lowest BCUT2D eigenvalue weighted by Crippen LogP contribution is -2.27. The van der Waals surface area contributed by atoms with Crippen molar-refractivity contribution >= 4 is 17.4 Å². The second-order valence-electron chi connectivity index (χ2n) is 4.91. The van der Waals surface area contributed by atoms with E-state index >= 15 is 0 Å². The van der Waals surface area contributed by atoms with Crippen LogP contribution in [0.2, 0.25) is 0 Å². The molecule has 0 radical (unpaired) electrons. The van der Waals surface area contributed by atoms with E-state index in [4.69, 9.17) is 11.6 Å². The lowest BCUT2D eigenvalue weighted by molar-refractivity contribution is -0.127. The van der Waals surface area contributed by atoms with Gasteiger partial charge in [0.1, 0.15) is 5.38 Å². The second kappa shape index (κ2) is 4.58. The number of hydrogen-bond donors (Lipinski definition) is 0. The fourth-order valence-corrected chi connectivity index (χ4v) is 2.89. The molecule has 2 rings (SSSR count). The molecule has 0 aromatic heterocycles. The summed E-state index contributed by atoms with van der Waals surface area (Å²) in [5, 5.41) is -0.482. The average Bonchev–Trinajstić information content (AvgIpc) is 2.77. The highest BCUT2D eigenvalue weighted by atomic mass is 35.5. The lowest BCUT2D eigenvalue weighted by Gasteiger charge is -2.24. The van der Waals surface area contributed by atoms with Gasteiger partial charge in [0.15, 0.2) is 5.78 Å². The molecular formula is C14H17ClO. The minimum Gasteiger partial charge on any atom is -0.297 e. The molecule has 1 aromatic rings. The number of rotatable bonds is 3. The SMILES string of the molecule is CC1(C(=O)C(Cl)c2ccccc2)CCCC1. The molecule has 1 fully saturated rings. The van der Waals surface area contributed by atoms with Gasteiger partial charge in [0.05, 0.1) is 0 Å². The monoisotopic (exact) mass is 236 g/mol. The Morgan fingerprint density at radius 2 is 1.81 bits per heavy atom. The molecule has 0 saturated heterocycles. The third-order valence-electron chi connectivity index (χ3n) is 3.62. The molecule has 0 amide bonds. The third-order valence-corrected chi connectivity index (χ3v) is 4.07. The Morgan fingerprint density at radius 1 is 1.25 bits per heavy atom. The van der Waals surface area contributed by atoms with Crippen LogP contribution in [0.3, 0.4) is 0 Å². The summed E-state index contributed by atoms with van der Waals surface area (Å²) in [6, 6.07) is 9.64. The molecule has 1 aromatic carbocycles. The van der Waals surface area contributed by atoms with Crippen LogP contribution >= 0.6 is 11.6 Å². The zero-order valence-electron chi connectivity index (χ0n) is 9.58. The van der Waals surface area contributed by atoms with Gasteiger partial charge in [-0.2, -0.15) is 0 Å². The first kappa shape index (κ1) is 11.7. The molecular weight excluding hydrogens is 220 g/mol. The molecule has 0 heterocycles. The Hall–Kier alpha value is -0.820. The van der Waals surface area contributed by atoms with Crippen LogP contribution in [0.4, 0.5) is 0 Å². The zero-order chi connectivity index (χ0) is 11.6. The Labute approximate surface area is 102 Å². The van der Waals surface area contributed by atoms with Crippen molar-refractivity contribution in [2.45, 2.75) is 38.0 Å². The van der Waals surface area contributed by atoms with Crippen LogP contribution in [0.5, 0.6) is 0 Å². The van der Waals surface area contributed by atoms with Crippen molar-refractivity contribution < 1.29 is 4.79 Å². The number of hydrogen-bond acceptors (Lipinski definition) is 1. The minimum atomic E-state index is -0.482. The van der Waals surface area contributed by atoms with Gasteiger partial charge in [-0.1, -0.05) is 50.1 Å². The van der Waals surface area contributed by atoms with E-state index in [2.05, 4.69) is 6.92 Å². The van der Waals surface area contributed by atoms with Crippen molar-refractivity contribution in [3.8, 4) is 0 Å². The van der Waals surface area contributed by atoms with Crippen molar-refractivity contribution in [2.24, 2.45) is 5.41 Å². The number of carbonyl (C=O) groups excluding carboxylic acids is 1. The van der Waals surface area contributed by atoms with Gasteiger partial charge in [-0.15, -0.1) is 11.6 Å². The second-order valence-corrected chi connectivity index (χ2v) is 5.34. The van der Waals surface area contributed by atoms with Crippen LogP contribution in [0.25, 0.3) is 0 Å². The summed E-state index contributed by atoms with van der Waals surface area (Å²) in [5.74, 6) is 0.192. The largest absolute Gasteiger partial charge is 0.297 e. The van der Waals surface area contributed by atoms with Crippen molar-refractivity contribution in [2.75, 3.05) is 0 Å². The molecule has 1 unspecified atom stereocenters. The van der Waals surface area contributed by atoms with Crippen molar-refractivity contribution in [1.82, 2.24) is 0 Å². The van der Waals surface area contributed by atoms with Gasteiger partial charge in [-0.25, -0.2) is 0 Å². The Balaban J connectivity index is 2.16. The van der Waals surface area contributed by atoms with Gasteiger partial charge in [0.2, 0.25) is 0 Å². The quantitative estimate of drug-likeness (QED) is 0.722. The molecule has 1 aliphatic carbocycles. The van der Waals surface area contributed by atoms with Gasteiger partial charge in [-0.05, 0) is 18.4 Å². The number of ketones is 1. The molecule has 0 spiro atoms. The molecule has 0 bridgehead atoms. The topological polar surface area (TPSA) is 17.1 Å². The number of Topliss-reactive ketones (excluding diaryl/α,β-unsaturated/α-hetero) is 1. The summed E-state index contributed by atoms with van der Waals surface area (Å²) in [4.78, 5) is 12.3.